The number of fused-ring (bicyclic) bond motifs is 1. The molecule has 0 aliphatic heterocycles. The van der Waals surface area contributed by atoms with E-state index in [0.717, 1.165) is 24.5 Å². The second-order valence-corrected chi connectivity index (χ2v) is 3.88. The van der Waals surface area contributed by atoms with Crippen molar-refractivity contribution in [3.05, 3.63) is 52.1 Å². The lowest BCUT2D eigenvalue weighted by Crippen LogP contribution is -2.02. The molecule has 17 heavy (non-hydrogen) atoms. The van der Waals surface area contributed by atoms with Gasteiger partial charge in [-0.15, -0.1) is 0 Å². The molecule has 0 fully saturated rings. The molecule has 0 saturated heterocycles. The molecule has 1 heterocycles. The van der Waals surface area contributed by atoms with Crippen molar-refractivity contribution < 1.29 is 9.52 Å². The van der Waals surface area contributed by atoms with Crippen molar-refractivity contribution in [1.29, 1.82) is 0 Å². The van der Waals surface area contributed by atoms with Gasteiger partial charge in [0, 0.05) is 0 Å². The Labute approximate surface area is 99.4 Å². The fraction of sp³-hybridized carbons (Fsp3) is 0.214. The van der Waals surface area contributed by atoms with Gasteiger partial charge < -0.3 is 9.52 Å². The number of aromatic hydroxyl groups is 1. The van der Waals surface area contributed by atoms with E-state index in [4.69, 9.17) is 4.42 Å². The Balaban J connectivity index is 2.66. The van der Waals surface area contributed by atoms with E-state index in [9.17, 15) is 9.90 Å². The van der Waals surface area contributed by atoms with Gasteiger partial charge in [0.2, 0.25) is 0 Å². The maximum absolute atomic E-state index is 11.3. The van der Waals surface area contributed by atoms with Crippen LogP contribution in [-0.4, -0.2) is 5.11 Å². The lowest BCUT2D eigenvalue weighted by molar-refractivity contribution is 0.439. The molecule has 1 aromatic heterocycles. The largest absolute Gasteiger partial charge is 0.507 e. The predicted molar refractivity (Wildman–Crippen MR) is 67.7 cm³/mol. The quantitative estimate of drug-likeness (QED) is 0.849. The molecule has 0 bridgehead atoms. The zero-order chi connectivity index (χ0) is 12.3. The molecule has 1 aliphatic rings. The minimum atomic E-state index is -0.527. The van der Waals surface area contributed by atoms with Crippen LogP contribution in [-0.2, 0) is 0 Å². The topological polar surface area (TPSA) is 50.4 Å². The van der Waals surface area contributed by atoms with Crippen molar-refractivity contribution in [2.75, 3.05) is 0 Å². The van der Waals surface area contributed by atoms with Crippen LogP contribution in [0.1, 0.15) is 31.1 Å². The summed E-state index contributed by atoms with van der Waals surface area (Å²) in [6.45, 7) is 2.06. The summed E-state index contributed by atoms with van der Waals surface area (Å²) in [6, 6.07) is 1.10. The minimum Gasteiger partial charge on any atom is -0.507 e. The molecule has 3 nitrogen and oxygen atoms in total. The van der Waals surface area contributed by atoms with Gasteiger partial charge in [-0.3, -0.25) is 0 Å². The van der Waals surface area contributed by atoms with Crippen LogP contribution >= 0.6 is 0 Å². The number of hydrogen-bond acceptors (Lipinski definition) is 3. The van der Waals surface area contributed by atoms with E-state index in [2.05, 4.69) is 6.92 Å². The molecule has 0 amide bonds. The third-order valence-corrected chi connectivity index (χ3v) is 2.57. The zero-order valence-electron chi connectivity index (χ0n) is 9.64. The van der Waals surface area contributed by atoms with E-state index in [0.29, 0.717) is 11.3 Å². The van der Waals surface area contributed by atoms with Crippen LogP contribution in [0.25, 0.3) is 11.6 Å². The van der Waals surface area contributed by atoms with E-state index < -0.39 is 5.63 Å². The van der Waals surface area contributed by atoms with Gasteiger partial charge in [-0.1, -0.05) is 37.6 Å². The maximum atomic E-state index is 11.3. The van der Waals surface area contributed by atoms with Gasteiger partial charge in [-0.05, 0) is 18.1 Å². The van der Waals surface area contributed by atoms with Crippen LogP contribution in [0, 0.1) is 0 Å². The Morgan fingerprint density at radius 2 is 2.12 bits per heavy atom. The molecule has 1 aromatic rings. The highest BCUT2D eigenvalue weighted by atomic mass is 16.4. The number of hydrogen-bond donors (Lipinski definition) is 1. The SMILES string of the molecule is CCC/C1=C/C=C\C=C/c2c(O)cc(=O)oc21. The summed E-state index contributed by atoms with van der Waals surface area (Å²) in [5, 5.41) is 9.78. The summed E-state index contributed by atoms with van der Waals surface area (Å²) in [4.78, 5) is 11.3. The van der Waals surface area contributed by atoms with Crippen molar-refractivity contribution in [3.63, 3.8) is 0 Å². The summed E-state index contributed by atoms with van der Waals surface area (Å²) in [5.41, 5.74) is 0.964. The van der Waals surface area contributed by atoms with Crippen LogP contribution in [0.2, 0.25) is 0 Å². The predicted octanol–water partition coefficient (Wildman–Crippen LogP) is 3.11. The lowest BCUT2D eigenvalue weighted by atomic mass is 10.0. The molecular formula is C14H14O3. The first-order valence-electron chi connectivity index (χ1n) is 5.63. The average molecular weight is 230 g/mol. The van der Waals surface area contributed by atoms with Crippen molar-refractivity contribution in [3.8, 4) is 5.75 Å². The van der Waals surface area contributed by atoms with Crippen LogP contribution < -0.4 is 5.63 Å². The highest BCUT2D eigenvalue weighted by Crippen LogP contribution is 2.30. The van der Waals surface area contributed by atoms with Crippen molar-refractivity contribution in [2.45, 2.75) is 19.8 Å². The Bertz CT molecular complexity index is 559. The Morgan fingerprint density at radius 1 is 1.29 bits per heavy atom. The number of allylic oxidation sites excluding steroid dienone is 5. The summed E-state index contributed by atoms with van der Waals surface area (Å²) in [6.07, 6.45) is 11.0. The van der Waals surface area contributed by atoms with E-state index >= 15 is 0 Å². The molecule has 0 unspecified atom stereocenters. The molecule has 0 radical (unpaired) electrons. The molecule has 0 saturated carbocycles. The second kappa shape index (κ2) is 4.87. The molecule has 1 aliphatic carbocycles. The number of rotatable bonds is 2. The average Bonchev–Trinajstić information content (AvgIpc) is 2.26. The molecule has 2 rings (SSSR count). The van der Waals surface area contributed by atoms with Gasteiger partial charge in [-0.2, -0.15) is 0 Å². The lowest BCUT2D eigenvalue weighted by Gasteiger charge is -2.10. The molecule has 1 N–H and O–H groups in total. The van der Waals surface area contributed by atoms with Gasteiger partial charge in [0.05, 0.1) is 11.6 Å². The first kappa shape index (κ1) is 11.5. The Hall–Kier alpha value is -2.03. The maximum Gasteiger partial charge on any atom is 0.339 e. The molecule has 0 atom stereocenters. The highest BCUT2D eigenvalue weighted by molar-refractivity contribution is 5.75. The van der Waals surface area contributed by atoms with Gasteiger partial charge in [-0.25, -0.2) is 4.79 Å². The van der Waals surface area contributed by atoms with Crippen LogP contribution in [0.5, 0.6) is 5.75 Å². The molecule has 88 valence electrons. The van der Waals surface area contributed by atoms with Gasteiger partial charge in [0.15, 0.2) is 0 Å². The van der Waals surface area contributed by atoms with Crippen molar-refractivity contribution in [1.82, 2.24) is 0 Å². The Kier molecular flexibility index (Phi) is 3.28. The van der Waals surface area contributed by atoms with Crippen LogP contribution in [0.4, 0.5) is 0 Å². The monoisotopic (exact) mass is 230 g/mol. The first-order chi connectivity index (χ1) is 8.22. The minimum absolute atomic E-state index is 0.0372. The van der Waals surface area contributed by atoms with Gasteiger partial charge in [0.1, 0.15) is 11.5 Å². The summed E-state index contributed by atoms with van der Waals surface area (Å²) in [5.74, 6) is 0.433. The smallest absolute Gasteiger partial charge is 0.339 e. The van der Waals surface area contributed by atoms with Crippen LogP contribution in [0.3, 0.4) is 0 Å². The summed E-state index contributed by atoms with van der Waals surface area (Å²) < 4.78 is 5.21. The van der Waals surface area contributed by atoms with Gasteiger partial charge in [0.25, 0.3) is 0 Å². The Morgan fingerprint density at radius 3 is 2.88 bits per heavy atom. The molecule has 0 aromatic carbocycles. The normalized spacial score (nSPS) is 20.6. The van der Waals surface area contributed by atoms with Gasteiger partial charge >= 0.3 is 5.63 Å². The fourth-order valence-electron chi connectivity index (χ4n) is 1.82. The third-order valence-electron chi connectivity index (χ3n) is 2.57. The standard InChI is InChI=1S/C14H14O3/c1-2-6-10-7-4-3-5-8-11-12(15)9-13(16)17-14(10)11/h3-5,7-9,15H,2,6H2,1H3/b4-3-,5-3?,7-4?,8-5-,10-7-,11-8?,14-10?. The van der Waals surface area contributed by atoms with E-state index in [1.165, 1.54) is 0 Å². The first-order valence-corrected chi connectivity index (χ1v) is 5.63. The summed E-state index contributed by atoms with van der Waals surface area (Å²) >= 11 is 0. The third kappa shape index (κ3) is 2.38. The van der Waals surface area contributed by atoms with Crippen molar-refractivity contribution in [2.24, 2.45) is 0 Å². The molecule has 0 spiro atoms. The fourth-order valence-corrected chi connectivity index (χ4v) is 1.82. The zero-order valence-corrected chi connectivity index (χ0v) is 9.64. The van der Waals surface area contributed by atoms with Crippen molar-refractivity contribution >= 4 is 11.6 Å². The van der Waals surface area contributed by atoms with Crippen LogP contribution in [0.15, 0.2) is 39.6 Å². The van der Waals surface area contributed by atoms with E-state index in [1.807, 2.05) is 18.2 Å². The molecular weight excluding hydrogens is 216 g/mol. The van der Waals surface area contributed by atoms with E-state index in [-0.39, 0.29) is 5.75 Å². The summed E-state index contributed by atoms with van der Waals surface area (Å²) in [7, 11) is 0. The second-order valence-electron chi connectivity index (χ2n) is 3.88. The highest BCUT2D eigenvalue weighted by Gasteiger charge is 2.14. The van der Waals surface area contributed by atoms with E-state index in [1.54, 1.807) is 12.2 Å². The molecule has 3 heteroatoms.